The zero-order valence-electron chi connectivity index (χ0n) is 14.2. The van der Waals surface area contributed by atoms with Crippen LogP contribution < -0.4 is 0 Å². The number of aryl methyl sites for hydroxylation is 1. The zero-order chi connectivity index (χ0) is 15.0. The van der Waals surface area contributed by atoms with Gasteiger partial charge in [-0.2, -0.15) is 0 Å². The molecule has 1 aliphatic carbocycles. The molecular formula is C21H33N. The largest absolute Gasteiger partial charge is 0.300 e. The molecule has 1 unspecified atom stereocenters. The van der Waals surface area contributed by atoms with Gasteiger partial charge < -0.3 is 4.90 Å². The summed E-state index contributed by atoms with van der Waals surface area (Å²) in [5.41, 5.74) is 1.52. The van der Waals surface area contributed by atoms with Gasteiger partial charge in [0.05, 0.1) is 0 Å². The number of nitrogens with zero attached hydrogens (tertiary/aromatic N) is 1. The normalized spacial score (nSPS) is 22.5. The Morgan fingerprint density at radius 3 is 2.27 bits per heavy atom. The molecule has 122 valence electrons. The third-order valence-electron chi connectivity index (χ3n) is 5.86. The minimum absolute atomic E-state index is 0.879. The van der Waals surface area contributed by atoms with Gasteiger partial charge in [-0.05, 0) is 69.5 Å². The lowest BCUT2D eigenvalue weighted by molar-refractivity contribution is 0.0888. The molecule has 1 aliphatic heterocycles. The van der Waals surface area contributed by atoms with Crippen molar-refractivity contribution in [2.45, 2.75) is 76.7 Å². The molecular weight excluding hydrogens is 266 g/mol. The molecule has 1 saturated heterocycles. The second-order valence-electron chi connectivity index (χ2n) is 7.44. The highest BCUT2D eigenvalue weighted by molar-refractivity contribution is 5.14. The van der Waals surface area contributed by atoms with Crippen LogP contribution in [0.4, 0.5) is 0 Å². The standard InChI is InChI=1S/C21H33N/c1-4-11-19(12-5-1)13-10-16-21(20-14-6-2-7-15-20)22-17-8-3-9-18-22/h1,4-5,11-12,20-21H,2-3,6-10,13-18H2. The first kappa shape index (κ1) is 16.1. The molecule has 1 saturated carbocycles. The van der Waals surface area contributed by atoms with E-state index in [1.165, 1.54) is 89.3 Å². The predicted octanol–water partition coefficient (Wildman–Crippen LogP) is 5.44. The van der Waals surface area contributed by atoms with Crippen LogP contribution in [0.15, 0.2) is 30.3 Å². The van der Waals surface area contributed by atoms with E-state index in [1.54, 1.807) is 0 Å². The fraction of sp³-hybridized carbons (Fsp3) is 0.714. The molecule has 1 nitrogen and oxygen atoms in total. The Bertz CT molecular complexity index is 383. The highest BCUT2D eigenvalue weighted by atomic mass is 15.2. The summed E-state index contributed by atoms with van der Waals surface area (Å²) in [5, 5.41) is 0. The molecule has 1 heterocycles. The lowest BCUT2D eigenvalue weighted by Crippen LogP contribution is -2.44. The first-order chi connectivity index (χ1) is 10.9. The fourth-order valence-corrected chi connectivity index (χ4v) is 4.65. The lowest BCUT2D eigenvalue weighted by Gasteiger charge is -2.41. The summed E-state index contributed by atoms with van der Waals surface area (Å²) in [5.74, 6) is 0.989. The molecule has 0 N–H and O–H groups in total. The van der Waals surface area contributed by atoms with E-state index in [4.69, 9.17) is 0 Å². The van der Waals surface area contributed by atoms with Crippen LogP contribution in [0.1, 0.15) is 69.8 Å². The molecule has 1 atom stereocenters. The maximum atomic E-state index is 2.87. The van der Waals surface area contributed by atoms with Crippen molar-refractivity contribution in [2.24, 2.45) is 5.92 Å². The average Bonchev–Trinajstić information content (AvgIpc) is 2.61. The van der Waals surface area contributed by atoms with Crippen LogP contribution in [-0.4, -0.2) is 24.0 Å². The minimum atomic E-state index is 0.879. The van der Waals surface area contributed by atoms with E-state index in [9.17, 15) is 0 Å². The molecule has 1 aromatic carbocycles. The molecule has 0 radical (unpaired) electrons. The summed E-state index contributed by atoms with van der Waals surface area (Å²) < 4.78 is 0. The van der Waals surface area contributed by atoms with Crippen molar-refractivity contribution in [1.29, 1.82) is 0 Å². The van der Waals surface area contributed by atoms with E-state index in [0.717, 1.165) is 12.0 Å². The third-order valence-corrected chi connectivity index (χ3v) is 5.86. The molecule has 0 aromatic heterocycles. The fourth-order valence-electron chi connectivity index (χ4n) is 4.65. The Hall–Kier alpha value is -0.820. The maximum absolute atomic E-state index is 2.87. The van der Waals surface area contributed by atoms with E-state index in [0.29, 0.717) is 0 Å². The van der Waals surface area contributed by atoms with Crippen LogP contribution >= 0.6 is 0 Å². The van der Waals surface area contributed by atoms with Crippen LogP contribution in [0.25, 0.3) is 0 Å². The Morgan fingerprint density at radius 2 is 1.55 bits per heavy atom. The maximum Gasteiger partial charge on any atom is 0.0124 e. The van der Waals surface area contributed by atoms with Crippen molar-refractivity contribution in [3.05, 3.63) is 35.9 Å². The van der Waals surface area contributed by atoms with Crippen molar-refractivity contribution >= 4 is 0 Å². The van der Waals surface area contributed by atoms with E-state index in [-0.39, 0.29) is 0 Å². The van der Waals surface area contributed by atoms with Gasteiger partial charge in [-0.1, -0.05) is 56.0 Å². The average molecular weight is 300 g/mol. The van der Waals surface area contributed by atoms with Gasteiger partial charge in [-0.3, -0.25) is 0 Å². The predicted molar refractivity (Wildman–Crippen MR) is 95.2 cm³/mol. The molecule has 3 rings (SSSR count). The Kier molecular flexibility index (Phi) is 6.36. The molecule has 0 spiro atoms. The third kappa shape index (κ3) is 4.59. The van der Waals surface area contributed by atoms with Crippen molar-refractivity contribution in [2.75, 3.05) is 13.1 Å². The highest BCUT2D eigenvalue weighted by Crippen LogP contribution is 2.32. The van der Waals surface area contributed by atoms with Gasteiger partial charge in [0.15, 0.2) is 0 Å². The Labute approximate surface area is 137 Å². The summed E-state index contributed by atoms with van der Waals surface area (Å²) in [6.07, 6.45) is 15.8. The van der Waals surface area contributed by atoms with Crippen molar-refractivity contribution < 1.29 is 0 Å². The Morgan fingerprint density at radius 1 is 0.864 bits per heavy atom. The molecule has 0 amide bonds. The van der Waals surface area contributed by atoms with Crippen LogP contribution in [-0.2, 0) is 6.42 Å². The van der Waals surface area contributed by atoms with Gasteiger partial charge in [0.1, 0.15) is 0 Å². The summed E-state index contributed by atoms with van der Waals surface area (Å²) in [7, 11) is 0. The summed E-state index contributed by atoms with van der Waals surface area (Å²) in [6, 6.07) is 11.9. The number of benzene rings is 1. The number of hydrogen-bond acceptors (Lipinski definition) is 1. The summed E-state index contributed by atoms with van der Waals surface area (Å²) >= 11 is 0. The molecule has 22 heavy (non-hydrogen) atoms. The highest BCUT2D eigenvalue weighted by Gasteiger charge is 2.29. The van der Waals surface area contributed by atoms with Crippen LogP contribution in [0.5, 0.6) is 0 Å². The molecule has 1 aromatic rings. The zero-order valence-corrected chi connectivity index (χ0v) is 14.2. The molecule has 0 bridgehead atoms. The van der Waals surface area contributed by atoms with Crippen LogP contribution in [0.3, 0.4) is 0 Å². The SMILES string of the molecule is c1ccc(CCCC(C2CCCCC2)N2CCCCC2)cc1. The topological polar surface area (TPSA) is 3.24 Å². The second-order valence-corrected chi connectivity index (χ2v) is 7.44. The molecule has 2 aliphatic rings. The van der Waals surface area contributed by atoms with E-state index in [2.05, 4.69) is 35.2 Å². The lowest BCUT2D eigenvalue weighted by atomic mass is 9.80. The van der Waals surface area contributed by atoms with Gasteiger partial charge in [-0.15, -0.1) is 0 Å². The number of rotatable bonds is 6. The van der Waals surface area contributed by atoms with Crippen LogP contribution in [0, 0.1) is 5.92 Å². The van der Waals surface area contributed by atoms with Crippen molar-refractivity contribution in [3.63, 3.8) is 0 Å². The number of likely N-dealkylation sites (tertiary alicyclic amines) is 1. The van der Waals surface area contributed by atoms with Crippen LogP contribution in [0.2, 0.25) is 0 Å². The first-order valence-corrected chi connectivity index (χ1v) is 9.71. The van der Waals surface area contributed by atoms with Gasteiger partial charge >= 0.3 is 0 Å². The second kappa shape index (κ2) is 8.72. The van der Waals surface area contributed by atoms with E-state index < -0.39 is 0 Å². The number of hydrogen-bond donors (Lipinski definition) is 0. The quantitative estimate of drug-likeness (QED) is 0.675. The van der Waals surface area contributed by atoms with Crippen molar-refractivity contribution in [3.8, 4) is 0 Å². The van der Waals surface area contributed by atoms with Gasteiger partial charge in [0, 0.05) is 6.04 Å². The van der Waals surface area contributed by atoms with Crippen molar-refractivity contribution in [1.82, 2.24) is 4.90 Å². The van der Waals surface area contributed by atoms with E-state index in [1.807, 2.05) is 0 Å². The Balaban J connectivity index is 1.55. The molecule has 1 heteroatoms. The number of piperidine rings is 1. The molecule has 2 fully saturated rings. The smallest absolute Gasteiger partial charge is 0.0124 e. The first-order valence-electron chi connectivity index (χ1n) is 9.71. The minimum Gasteiger partial charge on any atom is -0.300 e. The van der Waals surface area contributed by atoms with E-state index >= 15 is 0 Å². The summed E-state index contributed by atoms with van der Waals surface area (Å²) in [4.78, 5) is 2.87. The monoisotopic (exact) mass is 299 g/mol. The van der Waals surface area contributed by atoms with Gasteiger partial charge in [0.25, 0.3) is 0 Å². The van der Waals surface area contributed by atoms with Gasteiger partial charge in [-0.25, -0.2) is 0 Å². The van der Waals surface area contributed by atoms with Gasteiger partial charge in [0.2, 0.25) is 0 Å². The summed E-state index contributed by atoms with van der Waals surface area (Å²) in [6.45, 7) is 2.74.